The van der Waals surface area contributed by atoms with E-state index in [0.717, 1.165) is 11.3 Å². The molecule has 2 heterocycles. The summed E-state index contributed by atoms with van der Waals surface area (Å²) in [4.78, 5) is 50.8. The molecule has 0 saturated carbocycles. The van der Waals surface area contributed by atoms with E-state index in [1.807, 2.05) is 6.07 Å². The molecule has 1 aromatic carbocycles. The van der Waals surface area contributed by atoms with Crippen molar-refractivity contribution in [3.8, 4) is 0 Å². The lowest BCUT2D eigenvalue weighted by Crippen LogP contribution is -2.59. The average Bonchev–Trinajstić information content (AvgIpc) is 3.17. The molecular formula is C19H20N4O5S. The fourth-order valence-electron chi connectivity index (χ4n) is 2.91. The number of ether oxygens (including phenoxy) is 1. The highest BCUT2D eigenvalue weighted by Gasteiger charge is 2.35. The van der Waals surface area contributed by atoms with Crippen molar-refractivity contribution in [1.82, 2.24) is 10.2 Å². The highest BCUT2D eigenvalue weighted by Crippen LogP contribution is 2.24. The van der Waals surface area contributed by atoms with Crippen molar-refractivity contribution >= 4 is 46.5 Å². The van der Waals surface area contributed by atoms with Crippen LogP contribution in [0.4, 0.5) is 16.2 Å². The molecule has 152 valence electrons. The van der Waals surface area contributed by atoms with Gasteiger partial charge in [-0.3, -0.25) is 9.59 Å². The number of thiophene rings is 1. The summed E-state index contributed by atoms with van der Waals surface area (Å²) in [5.74, 6) is -1.46. The van der Waals surface area contributed by atoms with E-state index in [-0.39, 0.29) is 17.8 Å². The summed E-state index contributed by atoms with van der Waals surface area (Å²) in [7, 11) is 1.25. The molecule has 3 rings (SSSR count). The molecule has 0 spiro atoms. The topological polar surface area (TPSA) is 117 Å². The number of hydrogen-bond donors (Lipinski definition) is 3. The predicted octanol–water partition coefficient (Wildman–Crippen LogP) is 1.90. The minimum Gasteiger partial charge on any atom is -0.465 e. The Kier molecular flexibility index (Phi) is 6.45. The summed E-state index contributed by atoms with van der Waals surface area (Å²) in [5, 5.41) is 9.66. The third-order valence-corrected chi connectivity index (χ3v) is 5.20. The van der Waals surface area contributed by atoms with Gasteiger partial charge in [0.2, 0.25) is 11.8 Å². The van der Waals surface area contributed by atoms with Crippen LogP contribution in [-0.4, -0.2) is 55.0 Å². The van der Waals surface area contributed by atoms with Gasteiger partial charge in [-0.05, 0) is 23.6 Å². The largest absolute Gasteiger partial charge is 0.465 e. The number of nitrogens with one attached hydrogen (secondary N) is 3. The Morgan fingerprint density at radius 3 is 2.69 bits per heavy atom. The second-order valence-electron chi connectivity index (χ2n) is 6.20. The van der Waals surface area contributed by atoms with Crippen molar-refractivity contribution in [3.05, 3.63) is 46.7 Å². The molecule has 2 aromatic rings. The smallest absolute Gasteiger partial charge is 0.350 e. The molecule has 0 aliphatic carbocycles. The van der Waals surface area contributed by atoms with Crippen LogP contribution in [-0.2, 0) is 14.3 Å². The Labute approximate surface area is 171 Å². The normalized spacial score (nSPS) is 16.0. The molecule has 4 amide bonds. The number of hydrogen-bond acceptors (Lipinski definition) is 6. The highest BCUT2D eigenvalue weighted by atomic mass is 32.1. The highest BCUT2D eigenvalue weighted by molar-refractivity contribution is 7.12. The molecule has 0 bridgehead atoms. The summed E-state index contributed by atoms with van der Waals surface area (Å²) in [6, 6.07) is 9.00. The third kappa shape index (κ3) is 4.91. The van der Waals surface area contributed by atoms with Crippen molar-refractivity contribution < 1.29 is 23.9 Å². The lowest BCUT2D eigenvalue weighted by molar-refractivity contribution is -0.130. The minimum atomic E-state index is -0.965. The Hall–Kier alpha value is -3.40. The molecule has 10 heteroatoms. The zero-order chi connectivity index (χ0) is 20.8. The molecule has 1 aromatic heterocycles. The molecule has 0 unspecified atom stereocenters. The van der Waals surface area contributed by atoms with Gasteiger partial charge in [0.05, 0.1) is 19.2 Å². The summed E-state index contributed by atoms with van der Waals surface area (Å²) in [6.07, 6.45) is -0.246. The maximum Gasteiger partial charge on any atom is 0.350 e. The van der Waals surface area contributed by atoms with Crippen molar-refractivity contribution in [3.63, 3.8) is 0 Å². The van der Waals surface area contributed by atoms with Crippen LogP contribution in [0.2, 0.25) is 0 Å². The first-order valence-corrected chi connectivity index (χ1v) is 9.73. The SMILES string of the molecule is COC(=O)c1sccc1NC(=O)C[C@@H]1C(=O)NCCN1C(=O)Nc1ccccc1. The van der Waals surface area contributed by atoms with Crippen LogP contribution in [0.25, 0.3) is 0 Å². The van der Waals surface area contributed by atoms with E-state index in [4.69, 9.17) is 0 Å². The number of nitrogens with zero attached hydrogens (tertiary/aromatic N) is 1. The van der Waals surface area contributed by atoms with Crippen LogP contribution in [0.15, 0.2) is 41.8 Å². The first-order chi connectivity index (χ1) is 14.0. The van der Waals surface area contributed by atoms with E-state index in [9.17, 15) is 19.2 Å². The molecule has 1 aliphatic heterocycles. The summed E-state index contributed by atoms with van der Waals surface area (Å²) >= 11 is 1.13. The Morgan fingerprint density at radius 1 is 1.21 bits per heavy atom. The van der Waals surface area contributed by atoms with Gasteiger partial charge in [0.15, 0.2) is 0 Å². The quantitative estimate of drug-likeness (QED) is 0.644. The molecule has 1 aliphatic rings. The molecule has 1 atom stereocenters. The van der Waals surface area contributed by atoms with Crippen molar-refractivity contribution in [2.45, 2.75) is 12.5 Å². The number of carbonyl (C=O) groups is 4. The number of amides is 4. The number of para-hydroxylation sites is 1. The van der Waals surface area contributed by atoms with Gasteiger partial charge in [-0.25, -0.2) is 9.59 Å². The number of anilines is 2. The summed E-state index contributed by atoms with van der Waals surface area (Å²) in [5.41, 5.74) is 0.899. The van der Waals surface area contributed by atoms with Gasteiger partial charge in [0.25, 0.3) is 0 Å². The van der Waals surface area contributed by atoms with Crippen LogP contribution in [0.1, 0.15) is 16.1 Å². The number of carbonyl (C=O) groups excluding carboxylic acids is 4. The lowest BCUT2D eigenvalue weighted by Gasteiger charge is -2.34. The molecule has 0 radical (unpaired) electrons. The van der Waals surface area contributed by atoms with Crippen LogP contribution in [0.3, 0.4) is 0 Å². The standard InChI is InChI=1S/C19H20N4O5S/c1-28-18(26)16-13(7-10-29-16)22-15(24)11-14-17(25)20-8-9-23(14)19(27)21-12-5-3-2-4-6-12/h2-7,10,14H,8-9,11H2,1H3,(H,20,25)(H,21,27)(H,22,24)/t14-/m1/s1. The van der Waals surface area contributed by atoms with Gasteiger partial charge in [0.1, 0.15) is 10.9 Å². The van der Waals surface area contributed by atoms with E-state index >= 15 is 0 Å². The molecule has 29 heavy (non-hydrogen) atoms. The Bertz CT molecular complexity index is 914. The van der Waals surface area contributed by atoms with Crippen molar-refractivity contribution in [2.24, 2.45) is 0 Å². The van der Waals surface area contributed by atoms with E-state index in [2.05, 4.69) is 20.7 Å². The first-order valence-electron chi connectivity index (χ1n) is 8.85. The molecular weight excluding hydrogens is 396 g/mol. The fourth-order valence-corrected chi connectivity index (χ4v) is 3.68. The molecule has 9 nitrogen and oxygen atoms in total. The summed E-state index contributed by atoms with van der Waals surface area (Å²) < 4.78 is 4.68. The first kappa shape index (κ1) is 20.3. The maximum absolute atomic E-state index is 12.6. The number of esters is 1. The number of urea groups is 1. The van der Waals surface area contributed by atoms with E-state index in [1.165, 1.54) is 12.0 Å². The van der Waals surface area contributed by atoms with Crippen molar-refractivity contribution in [2.75, 3.05) is 30.8 Å². The van der Waals surface area contributed by atoms with Gasteiger partial charge in [0, 0.05) is 18.8 Å². The number of rotatable bonds is 5. The zero-order valence-electron chi connectivity index (χ0n) is 15.6. The third-order valence-electron chi connectivity index (χ3n) is 4.31. The van der Waals surface area contributed by atoms with Gasteiger partial charge in [-0.15, -0.1) is 11.3 Å². The van der Waals surface area contributed by atoms with Gasteiger partial charge >= 0.3 is 12.0 Å². The van der Waals surface area contributed by atoms with E-state index in [1.54, 1.807) is 35.7 Å². The van der Waals surface area contributed by atoms with E-state index < -0.39 is 29.9 Å². The second kappa shape index (κ2) is 9.20. The van der Waals surface area contributed by atoms with Crippen LogP contribution in [0, 0.1) is 0 Å². The van der Waals surface area contributed by atoms with Gasteiger partial charge in [-0.1, -0.05) is 18.2 Å². The number of piperazine rings is 1. The van der Waals surface area contributed by atoms with Crippen LogP contribution in [0.5, 0.6) is 0 Å². The summed E-state index contributed by atoms with van der Waals surface area (Å²) in [6.45, 7) is 0.574. The minimum absolute atomic E-state index is 0.246. The maximum atomic E-state index is 12.6. The monoisotopic (exact) mass is 416 g/mol. The molecule has 1 fully saturated rings. The van der Waals surface area contributed by atoms with Gasteiger partial charge < -0.3 is 25.6 Å². The van der Waals surface area contributed by atoms with Crippen LogP contribution < -0.4 is 16.0 Å². The molecule has 3 N–H and O–H groups in total. The van der Waals surface area contributed by atoms with E-state index in [0.29, 0.717) is 17.9 Å². The lowest BCUT2D eigenvalue weighted by atomic mass is 10.1. The zero-order valence-corrected chi connectivity index (χ0v) is 16.5. The van der Waals surface area contributed by atoms with Crippen molar-refractivity contribution in [1.29, 1.82) is 0 Å². The fraction of sp³-hybridized carbons (Fsp3) is 0.263. The number of methoxy groups -OCH3 is 1. The number of benzene rings is 1. The molecule has 1 saturated heterocycles. The Morgan fingerprint density at radius 2 is 1.97 bits per heavy atom. The Balaban J connectivity index is 1.68. The average molecular weight is 416 g/mol. The second-order valence-corrected chi connectivity index (χ2v) is 7.12. The van der Waals surface area contributed by atoms with Crippen LogP contribution >= 0.6 is 11.3 Å². The van der Waals surface area contributed by atoms with Gasteiger partial charge in [-0.2, -0.15) is 0 Å². The predicted molar refractivity (Wildman–Crippen MR) is 108 cm³/mol.